The van der Waals surface area contributed by atoms with Crippen molar-refractivity contribution in [1.29, 1.82) is 0 Å². The molecular weight excluding hydrogens is 165 g/mol. The lowest BCUT2D eigenvalue weighted by Gasteiger charge is -2.51. The quantitative estimate of drug-likeness (QED) is 0.534. The molecule has 2 bridgehead atoms. The van der Waals surface area contributed by atoms with Crippen LogP contribution < -0.4 is 5.32 Å². The fraction of sp³-hybridized carbons (Fsp3) is 0.714. The van der Waals surface area contributed by atoms with E-state index in [1.807, 2.05) is 0 Å². The van der Waals surface area contributed by atoms with Gasteiger partial charge in [0.15, 0.2) is 5.41 Å². The molecule has 3 aliphatic rings. The van der Waals surface area contributed by atoms with E-state index in [1.54, 1.807) is 0 Å². The number of alkyl halides is 1. The number of rotatable bonds is 1. The minimum atomic E-state index is -1.47. The molecule has 3 rings (SSSR count). The molecular formula is C7H8FNO3. The Balaban J connectivity index is 2.29. The third-order valence-corrected chi connectivity index (χ3v) is 2.65. The highest BCUT2D eigenvalue weighted by Crippen LogP contribution is 2.53. The first kappa shape index (κ1) is 7.52. The number of piperidine rings is 2. The first-order chi connectivity index (χ1) is 5.49. The summed E-state index contributed by atoms with van der Waals surface area (Å²) in [4.78, 5) is 21.7. The molecule has 0 aromatic heterocycles. The highest BCUT2D eigenvalue weighted by atomic mass is 19.1. The van der Waals surface area contributed by atoms with Crippen molar-refractivity contribution in [1.82, 2.24) is 5.32 Å². The summed E-state index contributed by atoms with van der Waals surface area (Å²) in [6, 6.07) is 0. The van der Waals surface area contributed by atoms with Crippen LogP contribution in [0.4, 0.5) is 4.39 Å². The van der Waals surface area contributed by atoms with Crippen molar-refractivity contribution in [3.8, 4) is 0 Å². The molecule has 2 aliphatic heterocycles. The van der Waals surface area contributed by atoms with Crippen LogP contribution in [-0.4, -0.2) is 29.2 Å². The first-order valence-corrected chi connectivity index (χ1v) is 3.69. The van der Waals surface area contributed by atoms with Gasteiger partial charge in [-0.15, -0.1) is 0 Å². The van der Waals surface area contributed by atoms with Crippen molar-refractivity contribution < 1.29 is 19.1 Å². The van der Waals surface area contributed by atoms with E-state index in [9.17, 15) is 14.0 Å². The van der Waals surface area contributed by atoms with Gasteiger partial charge in [0.2, 0.25) is 5.91 Å². The number of carbonyl (C=O) groups excluding carboxylic acids is 1. The number of fused-ring (bicyclic) bond motifs is 2. The summed E-state index contributed by atoms with van der Waals surface area (Å²) in [6.45, 7) is -0.0408. The van der Waals surface area contributed by atoms with E-state index >= 15 is 0 Å². The number of halogens is 1. The Kier molecular flexibility index (Phi) is 1.12. The SMILES string of the molecule is O=C(O)C12CC(F)(CNC1=O)C2. The van der Waals surface area contributed by atoms with Crippen molar-refractivity contribution in [3.05, 3.63) is 0 Å². The van der Waals surface area contributed by atoms with Crippen LogP contribution in [0.25, 0.3) is 0 Å². The Morgan fingerprint density at radius 1 is 1.58 bits per heavy atom. The summed E-state index contributed by atoms with van der Waals surface area (Å²) in [5, 5.41) is 10.9. The van der Waals surface area contributed by atoms with E-state index in [1.165, 1.54) is 0 Å². The Morgan fingerprint density at radius 3 is 2.58 bits per heavy atom. The molecule has 4 nitrogen and oxygen atoms in total. The molecule has 66 valence electrons. The molecule has 0 spiro atoms. The summed E-state index contributed by atoms with van der Waals surface area (Å²) in [5.74, 6) is -1.76. The highest BCUT2D eigenvalue weighted by Gasteiger charge is 2.67. The highest BCUT2D eigenvalue weighted by molar-refractivity contribution is 6.04. The topological polar surface area (TPSA) is 66.4 Å². The van der Waals surface area contributed by atoms with Gasteiger partial charge in [0, 0.05) is 12.8 Å². The van der Waals surface area contributed by atoms with Gasteiger partial charge in [-0.25, -0.2) is 4.39 Å². The van der Waals surface area contributed by atoms with Gasteiger partial charge < -0.3 is 10.4 Å². The second-order valence-corrected chi connectivity index (χ2v) is 3.57. The number of carboxylic acids is 1. The van der Waals surface area contributed by atoms with Gasteiger partial charge in [-0.05, 0) is 0 Å². The van der Waals surface area contributed by atoms with Crippen LogP contribution >= 0.6 is 0 Å². The predicted molar refractivity (Wildman–Crippen MR) is 36.2 cm³/mol. The Bertz CT molecular complexity index is 270. The minimum Gasteiger partial charge on any atom is -0.480 e. The molecule has 0 radical (unpaired) electrons. The number of aliphatic carboxylic acids is 1. The van der Waals surface area contributed by atoms with Crippen LogP contribution in [0.3, 0.4) is 0 Å². The number of amides is 1. The summed E-state index contributed by atoms with van der Waals surface area (Å²) in [7, 11) is 0. The van der Waals surface area contributed by atoms with Crippen LogP contribution in [0.2, 0.25) is 0 Å². The average Bonchev–Trinajstić information content (AvgIpc) is 1.92. The molecule has 0 aromatic rings. The Hall–Kier alpha value is -1.13. The van der Waals surface area contributed by atoms with Crippen molar-refractivity contribution in [2.45, 2.75) is 18.5 Å². The molecule has 2 saturated heterocycles. The lowest BCUT2D eigenvalue weighted by atomic mass is 9.57. The van der Waals surface area contributed by atoms with E-state index in [-0.39, 0.29) is 19.4 Å². The fourth-order valence-corrected chi connectivity index (χ4v) is 1.97. The van der Waals surface area contributed by atoms with E-state index in [0.717, 1.165) is 0 Å². The van der Waals surface area contributed by atoms with Crippen molar-refractivity contribution in [2.75, 3.05) is 6.54 Å². The molecule has 0 atom stereocenters. The molecule has 2 N–H and O–H groups in total. The van der Waals surface area contributed by atoms with Crippen LogP contribution in [-0.2, 0) is 9.59 Å². The van der Waals surface area contributed by atoms with Gasteiger partial charge in [-0.2, -0.15) is 0 Å². The molecule has 1 aliphatic carbocycles. The minimum absolute atomic E-state index is 0.0408. The molecule has 3 fully saturated rings. The standard InChI is InChI=1S/C7H8FNO3/c8-6-1-7(2-6,5(11)12)4(10)9-3-6/h1-3H2,(H,9,10)(H,11,12). The number of nitrogens with one attached hydrogen (secondary N) is 1. The van der Waals surface area contributed by atoms with Gasteiger partial charge in [-0.3, -0.25) is 9.59 Å². The molecule has 0 unspecified atom stereocenters. The molecule has 1 saturated carbocycles. The molecule has 1 amide bonds. The third kappa shape index (κ3) is 0.659. The maximum atomic E-state index is 13.2. The second-order valence-electron chi connectivity index (χ2n) is 3.57. The lowest BCUT2D eigenvalue weighted by Crippen LogP contribution is -2.69. The summed E-state index contributed by atoms with van der Waals surface area (Å²) < 4.78 is 13.2. The zero-order chi connectivity index (χ0) is 8.98. The zero-order valence-corrected chi connectivity index (χ0v) is 6.26. The molecule has 12 heavy (non-hydrogen) atoms. The zero-order valence-electron chi connectivity index (χ0n) is 6.26. The van der Waals surface area contributed by atoms with Gasteiger partial charge >= 0.3 is 5.97 Å². The maximum absolute atomic E-state index is 13.2. The normalized spacial score (nSPS) is 44.6. The van der Waals surface area contributed by atoms with Crippen LogP contribution in [0, 0.1) is 5.41 Å². The lowest BCUT2D eigenvalue weighted by molar-refractivity contribution is -0.183. The number of hydrogen-bond acceptors (Lipinski definition) is 2. The summed E-state index contributed by atoms with van der Waals surface area (Å²) in [5.41, 5.74) is -2.93. The van der Waals surface area contributed by atoms with Gasteiger partial charge in [-0.1, -0.05) is 0 Å². The molecule has 5 heteroatoms. The molecule has 2 heterocycles. The van der Waals surface area contributed by atoms with Gasteiger partial charge in [0.25, 0.3) is 0 Å². The van der Waals surface area contributed by atoms with Crippen LogP contribution in [0.15, 0.2) is 0 Å². The van der Waals surface area contributed by atoms with E-state index in [2.05, 4.69) is 5.32 Å². The Labute approximate surface area is 67.7 Å². The number of hydrogen-bond donors (Lipinski definition) is 2. The van der Waals surface area contributed by atoms with Crippen LogP contribution in [0.5, 0.6) is 0 Å². The van der Waals surface area contributed by atoms with Gasteiger partial charge in [0.1, 0.15) is 5.67 Å². The van der Waals surface area contributed by atoms with Crippen molar-refractivity contribution >= 4 is 11.9 Å². The van der Waals surface area contributed by atoms with E-state index in [4.69, 9.17) is 5.11 Å². The predicted octanol–water partition coefficient (Wildman–Crippen LogP) is -0.311. The summed E-state index contributed by atoms with van der Waals surface area (Å²) in [6.07, 6.45) is -0.331. The molecule has 0 aromatic carbocycles. The Morgan fingerprint density at radius 2 is 2.17 bits per heavy atom. The fourth-order valence-electron chi connectivity index (χ4n) is 1.97. The number of carboxylic acid groups (broad SMARTS) is 1. The largest absolute Gasteiger partial charge is 0.480 e. The third-order valence-electron chi connectivity index (χ3n) is 2.65. The average molecular weight is 173 g/mol. The second kappa shape index (κ2) is 1.78. The van der Waals surface area contributed by atoms with Crippen molar-refractivity contribution in [3.63, 3.8) is 0 Å². The van der Waals surface area contributed by atoms with Gasteiger partial charge in [0.05, 0.1) is 6.54 Å². The van der Waals surface area contributed by atoms with Crippen LogP contribution in [0.1, 0.15) is 12.8 Å². The summed E-state index contributed by atoms with van der Waals surface area (Å²) >= 11 is 0. The van der Waals surface area contributed by atoms with E-state index < -0.39 is 23.0 Å². The van der Waals surface area contributed by atoms with E-state index in [0.29, 0.717) is 0 Å². The smallest absolute Gasteiger partial charge is 0.319 e. The number of carbonyl (C=O) groups is 2. The monoisotopic (exact) mass is 173 g/mol. The first-order valence-electron chi connectivity index (χ1n) is 3.69. The maximum Gasteiger partial charge on any atom is 0.319 e. The van der Waals surface area contributed by atoms with Crippen molar-refractivity contribution in [2.24, 2.45) is 5.41 Å².